The summed E-state index contributed by atoms with van der Waals surface area (Å²) in [5.74, 6) is -0.959. The molecule has 0 saturated carbocycles. The summed E-state index contributed by atoms with van der Waals surface area (Å²) in [7, 11) is 0. The van der Waals surface area contributed by atoms with Gasteiger partial charge in [-0.25, -0.2) is 4.79 Å². The predicted molar refractivity (Wildman–Crippen MR) is 85.8 cm³/mol. The molecule has 0 aliphatic carbocycles. The summed E-state index contributed by atoms with van der Waals surface area (Å²) >= 11 is 6.04. The molecule has 106 valence electrons. The van der Waals surface area contributed by atoms with E-state index in [4.69, 9.17) is 16.7 Å². The van der Waals surface area contributed by atoms with Gasteiger partial charge in [-0.05, 0) is 35.9 Å². The maximum Gasteiger partial charge on any atom is 0.335 e. The predicted octanol–water partition coefficient (Wildman–Crippen LogP) is 4.06. The van der Waals surface area contributed by atoms with E-state index in [1.807, 2.05) is 30.3 Å². The molecule has 0 radical (unpaired) electrons. The molecular weight excluding hydrogens is 288 g/mol. The molecule has 0 aromatic heterocycles. The van der Waals surface area contributed by atoms with Crippen LogP contribution in [0.5, 0.6) is 0 Å². The number of allylic oxidation sites excluding steroid dienone is 1. The number of hydrogen-bond donors (Lipinski definition) is 2. The first-order valence-corrected chi connectivity index (χ1v) is 6.57. The monoisotopic (exact) mass is 300 g/mol. The van der Waals surface area contributed by atoms with Crippen molar-refractivity contribution in [2.24, 2.45) is 5.10 Å². The quantitative estimate of drug-likeness (QED) is 0.646. The number of anilines is 1. The fraction of sp³-hybridized carbons (Fsp3) is 0. The van der Waals surface area contributed by atoms with Crippen LogP contribution in [0.25, 0.3) is 6.08 Å². The van der Waals surface area contributed by atoms with E-state index in [1.165, 1.54) is 18.3 Å². The Morgan fingerprint density at radius 2 is 1.76 bits per heavy atom. The molecule has 0 unspecified atom stereocenters. The zero-order valence-corrected chi connectivity index (χ0v) is 11.8. The Kier molecular flexibility index (Phi) is 5.12. The number of nitrogens with zero attached hydrogens (tertiary/aromatic N) is 1. The molecule has 0 heterocycles. The summed E-state index contributed by atoms with van der Waals surface area (Å²) < 4.78 is 0. The second kappa shape index (κ2) is 7.26. The lowest BCUT2D eigenvalue weighted by atomic mass is 10.2. The summed E-state index contributed by atoms with van der Waals surface area (Å²) in [4.78, 5) is 10.7. The molecule has 21 heavy (non-hydrogen) atoms. The number of nitrogens with one attached hydrogen (secondary N) is 1. The number of carboxylic acids is 1. The number of carboxylic acid groups (broad SMARTS) is 1. The molecule has 2 N–H and O–H groups in total. The first-order chi connectivity index (χ1) is 10.1. The largest absolute Gasteiger partial charge is 0.478 e. The molecule has 0 aliphatic rings. The second-order valence-corrected chi connectivity index (χ2v) is 4.63. The number of benzene rings is 2. The van der Waals surface area contributed by atoms with Gasteiger partial charge in [0.1, 0.15) is 0 Å². The lowest BCUT2D eigenvalue weighted by Gasteiger charge is -2.00. The summed E-state index contributed by atoms with van der Waals surface area (Å²) in [6.45, 7) is 0. The highest BCUT2D eigenvalue weighted by atomic mass is 35.5. The van der Waals surface area contributed by atoms with Crippen LogP contribution in [0.3, 0.4) is 0 Å². The van der Waals surface area contributed by atoms with Gasteiger partial charge in [-0.2, -0.15) is 5.10 Å². The van der Waals surface area contributed by atoms with Crippen LogP contribution in [-0.2, 0) is 0 Å². The minimum absolute atomic E-state index is 0.228. The van der Waals surface area contributed by atoms with Crippen molar-refractivity contribution in [3.63, 3.8) is 0 Å². The SMILES string of the molecule is O=C(O)c1ccc(N/N=C/C(Cl)=C/c2ccccc2)cc1. The van der Waals surface area contributed by atoms with E-state index < -0.39 is 5.97 Å². The number of rotatable bonds is 5. The van der Waals surface area contributed by atoms with Crippen molar-refractivity contribution in [2.45, 2.75) is 0 Å². The van der Waals surface area contributed by atoms with E-state index in [0.717, 1.165) is 5.56 Å². The van der Waals surface area contributed by atoms with E-state index in [2.05, 4.69) is 10.5 Å². The van der Waals surface area contributed by atoms with Gasteiger partial charge in [-0.1, -0.05) is 41.9 Å². The van der Waals surface area contributed by atoms with E-state index in [9.17, 15) is 4.79 Å². The molecule has 0 saturated heterocycles. The highest BCUT2D eigenvalue weighted by molar-refractivity contribution is 6.41. The molecule has 0 bridgehead atoms. The zero-order valence-electron chi connectivity index (χ0n) is 11.0. The maximum atomic E-state index is 10.7. The average molecular weight is 301 g/mol. The van der Waals surface area contributed by atoms with Crippen LogP contribution < -0.4 is 5.43 Å². The highest BCUT2D eigenvalue weighted by Crippen LogP contribution is 2.11. The van der Waals surface area contributed by atoms with E-state index in [0.29, 0.717) is 10.7 Å². The Labute approximate surface area is 127 Å². The van der Waals surface area contributed by atoms with Crippen molar-refractivity contribution in [2.75, 3.05) is 5.43 Å². The smallest absolute Gasteiger partial charge is 0.335 e. The fourth-order valence-electron chi connectivity index (χ4n) is 1.60. The molecule has 2 aromatic carbocycles. The van der Waals surface area contributed by atoms with Gasteiger partial charge in [-0.15, -0.1) is 0 Å². The Balaban J connectivity index is 1.95. The Morgan fingerprint density at radius 1 is 1.10 bits per heavy atom. The van der Waals surface area contributed by atoms with Crippen molar-refractivity contribution < 1.29 is 9.90 Å². The Hall–Kier alpha value is -2.59. The summed E-state index contributed by atoms with van der Waals surface area (Å²) in [6, 6.07) is 15.9. The Morgan fingerprint density at radius 3 is 2.38 bits per heavy atom. The van der Waals surface area contributed by atoms with Gasteiger partial charge in [-0.3, -0.25) is 5.43 Å². The van der Waals surface area contributed by atoms with E-state index in [1.54, 1.807) is 18.2 Å². The van der Waals surface area contributed by atoms with Crippen molar-refractivity contribution in [1.82, 2.24) is 0 Å². The second-order valence-electron chi connectivity index (χ2n) is 4.19. The van der Waals surface area contributed by atoms with Crippen LogP contribution >= 0.6 is 11.6 Å². The van der Waals surface area contributed by atoms with Crippen LogP contribution in [-0.4, -0.2) is 17.3 Å². The molecule has 0 fully saturated rings. The number of hydrazone groups is 1. The van der Waals surface area contributed by atoms with Gasteiger partial charge < -0.3 is 5.11 Å². The van der Waals surface area contributed by atoms with Crippen LogP contribution in [0.4, 0.5) is 5.69 Å². The summed E-state index contributed by atoms with van der Waals surface area (Å²) in [6.07, 6.45) is 3.28. The average Bonchev–Trinajstić information content (AvgIpc) is 2.49. The van der Waals surface area contributed by atoms with Gasteiger partial charge in [0.05, 0.1) is 22.5 Å². The topological polar surface area (TPSA) is 61.7 Å². The molecule has 2 rings (SSSR count). The molecule has 4 nitrogen and oxygen atoms in total. The minimum atomic E-state index is -0.959. The maximum absolute atomic E-state index is 10.7. The zero-order chi connectivity index (χ0) is 15.1. The molecule has 0 atom stereocenters. The van der Waals surface area contributed by atoms with Gasteiger partial charge in [0.25, 0.3) is 0 Å². The van der Waals surface area contributed by atoms with Gasteiger partial charge in [0.2, 0.25) is 0 Å². The number of hydrogen-bond acceptors (Lipinski definition) is 3. The summed E-state index contributed by atoms with van der Waals surface area (Å²) in [5.41, 5.74) is 4.67. The number of carbonyl (C=O) groups is 1. The summed E-state index contributed by atoms with van der Waals surface area (Å²) in [5, 5.41) is 13.3. The standard InChI is InChI=1S/C16H13ClN2O2/c17-14(10-12-4-2-1-3-5-12)11-18-19-15-8-6-13(7-9-15)16(20)21/h1-11,19H,(H,20,21)/b14-10-,18-11+. The molecule has 0 aliphatic heterocycles. The van der Waals surface area contributed by atoms with Gasteiger partial charge >= 0.3 is 5.97 Å². The minimum Gasteiger partial charge on any atom is -0.478 e. The van der Waals surface area contributed by atoms with Gasteiger partial charge in [0, 0.05) is 0 Å². The number of halogens is 1. The normalized spacial score (nSPS) is 11.6. The number of aromatic carboxylic acids is 1. The first kappa shape index (κ1) is 14.8. The van der Waals surface area contributed by atoms with Crippen LogP contribution in [0.15, 0.2) is 64.7 Å². The van der Waals surface area contributed by atoms with Crippen molar-refractivity contribution >= 4 is 35.5 Å². The van der Waals surface area contributed by atoms with Crippen LogP contribution in [0, 0.1) is 0 Å². The molecular formula is C16H13ClN2O2. The van der Waals surface area contributed by atoms with Gasteiger partial charge in [0.15, 0.2) is 0 Å². The first-order valence-electron chi connectivity index (χ1n) is 6.20. The molecule has 0 amide bonds. The third kappa shape index (κ3) is 4.78. The third-order valence-electron chi connectivity index (χ3n) is 2.62. The van der Waals surface area contributed by atoms with Crippen molar-refractivity contribution in [3.8, 4) is 0 Å². The van der Waals surface area contributed by atoms with E-state index >= 15 is 0 Å². The third-order valence-corrected chi connectivity index (χ3v) is 2.82. The van der Waals surface area contributed by atoms with Crippen LogP contribution in [0.2, 0.25) is 0 Å². The molecule has 2 aromatic rings. The van der Waals surface area contributed by atoms with Crippen molar-refractivity contribution in [1.29, 1.82) is 0 Å². The fourth-order valence-corrected chi connectivity index (χ4v) is 1.78. The molecule has 0 spiro atoms. The lowest BCUT2D eigenvalue weighted by Crippen LogP contribution is -1.96. The lowest BCUT2D eigenvalue weighted by molar-refractivity contribution is 0.0697. The Bertz CT molecular complexity index is 664. The van der Waals surface area contributed by atoms with Crippen molar-refractivity contribution in [3.05, 3.63) is 70.8 Å². The molecule has 5 heteroatoms. The van der Waals surface area contributed by atoms with E-state index in [-0.39, 0.29) is 5.56 Å². The van der Waals surface area contributed by atoms with Crippen LogP contribution in [0.1, 0.15) is 15.9 Å². The highest BCUT2D eigenvalue weighted by Gasteiger charge is 2.00.